The van der Waals surface area contributed by atoms with E-state index in [9.17, 15) is 8.42 Å². The highest BCUT2D eigenvalue weighted by molar-refractivity contribution is 8.00. The van der Waals surface area contributed by atoms with Crippen LogP contribution in [0.3, 0.4) is 0 Å². The molecule has 0 aromatic heterocycles. The Hall–Kier alpha value is -0.720. The van der Waals surface area contributed by atoms with E-state index in [0.29, 0.717) is 11.7 Å². The van der Waals surface area contributed by atoms with Crippen LogP contribution in [0.5, 0.6) is 0 Å². The standard InChI is InChI=1S/C13H20N2O2S2/c1-10(11-2-3-11)15-19(16,17)9-8-18-13-6-4-12(14)5-7-13/h4-7,10-11,15H,2-3,8-9,14H2,1H3. The Kier molecular flexibility index (Phi) is 4.76. The first-order chi connectivity index (χ1) is 8.96. The molecule has 6 heteroatoms. The first-order valence-electron chi connectivity index (χ1n) is 6.44. The van der Waals surface area contributed by atoms with Crippen molar-refractivity contribution in [1.29, 1.82) is 0 Å². The molecule has 0 radical (unpaired) electrons. The van der Waals surface area contributed by atoms with Crippen molar-refractivity contribution in [1.82, 2.24) is 4.72 Å². The fraction of sp³-hybridized carbons (Fsp3) is 0.538. The number of thioether (sulfide) groups is 1. The summed E-state index contributed by atoms with van der Waals surface area (Å²) in [7, 11) is -3.16. The van der Waals surface area contributed by atoms with Crippen LogP contribution < -0.4 is 10.5 Å². The molecule has 1 aromatic rings. The van der Waals surface area contributed by atoms with E-state index in [2.05, 4.69) is 4.72 Å². The molecular weight excluding hydrogens is 280 g/mol. The lowest BCUT2D eigenvalue weighted by Crippen LogP contribution is -2.36. The molecule has 3 N–H and O–H groups in total. The van der Waals surface area contributed by atoms with Crippen molar-refractivity contribution in [3.63, 3.8) is 0 Å². The van der Waals surface area contributed by atoms with Gasteiger partial charge in [-0.1, -0.05) is 0 Å². The number of hydrogen-bond donors (Lipinski definition) is 2. The highest BCUT2D eigenvalue weighted by Gasteiger charge is 2.30. The molecule has 0 saturated heterocycles. The summed E-state index contributed by atoms with van der Waals surface area (Å²) < 4.78 is 26.5. The third-order valence-electron chi connectivity index (χ3n) is 3.20. The van der Waals surface area contributed by atoms with Gasteiger partial charge in [-0.15, -0.1) is 11.8 Å². The molecule has 4 nitrogen and oxygen atoms in total. The monoisotopic (exact) mass is 300 g/mol. The summed E-state index contributed by atoms with van der Waals surface area (Å²) >= 11 is 1.53. The smallest absolute Gasteiger partial charge is 0.212 e. The fourth-order valence-corrected chi connectivity index (χ4v) is 4.52. The second kappa shape index (κ2) is 6.15. The molecule has 1 aliphatic carbocycles. The van der Waals surface area contributed by atoms with Crippen molar-refractivity contribution in [2.75, 3.05) is 17.2 Å². The van der Waals surface area contributed by atoms with Crippen LogP contribution in [0.1, 0.15) is 19.8 Å². The van der Waals surface area contributed by atoms with Crippen molar-refractivity contribution in [3.8, 4) is 0 Å². The average Bonchev–Trinajstić information content (AvgIpc) is 3.15. The molecule has 1 aliphatic rings. The minimum Gasteiger partial charge on any atom is -0.399 e. The molecule has 0 spiro atoms. The van der Waals surface area contributed by atoms with E-state index in [-0.39, 0.29) is 11.8 Å². The van der Waals surface area contributed by atoms with Crippen LogP contribution >= 0.6 is 11.8 Å². The van der Waals surface area contributed by atoms with Crippen LogP contribution in [0.15, 0.2) is 29.2 Å². The molecule has 19 heavy (non-hydrogen) atoms. The van der Waals surface area contributed by atoms with Crippen LogP contribution in [0.25, 0.3) is 0 Å². The first-order valence-corrected chi connectivity index (χ1v) is 9.08. The van der Waals surface area contributed by atoms with Gasteiger partial charge in [0.25, 0.3) is 0 Å². The number of rotatable bonds is 7. The molecule has 106 valence electrons. The summed E-state index contributed by atoms with van der Waals surface area (Å²) in [6, 6.07) is 7.54. The number of sulfonamides is 1. The zero-order valence-corrected chi connectivity index (χ0v) is 12.6. The third kappa shape index (κ3) is 5.04. The van der Waals surface area contributed by atoms with Crippen molar-refractivity contribution in [3.05, 3.63) is 24.3 Å². The van der Waals surface area contributed by atoms with Crippen LogP contribution in [0.2, 0.25) is 0 Å². The number of nitrogens with two attached hydrogens (primary N) is 1. The molecule has 1 saturated carbocycles. The molecule has 1 aromatic carbocycles. The maximum Gasteiger partial charge on any atom is 0.212 e. The molecule has 0 heterocycles. The highest BCUT2D eigenvalue weighted by atomic mass is 32.2. The first kappa shape index (κ1) is 14.7. The van der Waals surface area contributed by atoms with E-state index in [1.54, 1.807) is 0 Å². The van der Waals surface area contributed by atoms with Gasteiger partial charge in [0.15, 0.2) is 0 Å². The summed E-state index contributed by atoms with van der Waals surface area (Å²) in [6.07, 6.45) is 2.29. The number of nitrogens with one attached hydrogen (secondary N) is 1. The fourth-order valence-electron chi connectivity index (χ4n) is 1.87. The quantitative estimate of drug-likeness (QED) is 0.597. The van der Waals surface area contributed by atoms with Gasteiger partial charge < -0.3 is 5.73 Å². The van der Waals surface area contributed by atoms with E-state index in [4.69, 9.17) is 5.73 Å². The Bertz CT molecular complexity index is 510. The molecular formula is C13H20N2O2S2. The van der Waals surface area contributed by atoms with Crippen molar-refractivity contribution in [2.24, 2.45) is 5.92 Å². The third-order valence-corrected chi connectivity index (χ3v) is 5.94. The summed E-state index contributed by atoms with van der Waals surface area (Å²) in [5.74, 6) is 1.25. The lowest BCUT2D eigenvalue weighted by molar-refractivity contribution is 0.539. The molecule has 1 unspecified atom stereocenters. The van der Waals surface area contributed by atoms with Crippen molar-refractivity contribution in [2.45, 2.75) is 30.7 Å². The molecule has 0 bridgehead atoms. The number of nitrogen functional groups attached to an aromatic ring is 1. The van der Waals surface area contributed by atoms with Gasteiger partial charge >= 0.3 is 0 Å². The van der Waals surface area contributed by atoms with E-state index < -0.39 is 10.0 Å². The summed E-state index contributed by atoms with van der Waals surface area (Å²) in [4.78, 5) is 1.04. The summed E-state index contributed by atoms with van der Waals surface area (Å²) in [6.45, 7) is 1.95. The van der Waals surface area contributed by atoms with Gasteiger partial charge in [0.1, 0.15) is 0 Å². The van der Waals surface area contributed by atoms with Gasteiger partial charge in [-0.2, -0.15) is 0 Å². The SMILES string of the molecule is CC(NS(=O)(=O)CCSc1ccc(N)cc1)C1CC1. The van der Waals surface area contributed by atoms with Gasteiger partial charge in [-0.3, -0.25) is 0 Å². The Labute approximate surface area is 119 Å². The minimum absolute atomic E-state index is 0.0755. The number of hydrogen-bond acceptors (Lipinski definition) is 4. The predicted octanol–water partition coefficient (Wildman–Crippen LogP) is 2.08. The minimum atomic E-state index is -3.16. The second-order valence-corrected chi connectivity index (χ2v) is 8.02. The van der Waals surface area contributed by atoms with Crippen LogP contribution in [0.4, 0.5) is 5.69 Å². The Morgan fingerprint density at radius 3 is 2.58 bits per heavy atom. The predicted molar refractivity (Wildman–Crippen MR) is 80.7 cm³/mol. The molecule has 0 aliphatic heterocycles. The topological polar surface area (TPSA) is 72.2 Å². The zero-order chi connectivity index (χ0) is 13.9. The normalized spacial score (nSPS) is 17.3. The average molecular weight is 300 g/mol. The maximum atomic E-state index is 11.9. The Morgan fingerprint density at radius 2 is 2.00 bits per heavy atom. The highest BCUT2D eigenvalue weighted by Crippen LogP contribution is 2.32. The van der Waals surface area contributed by atoms with Gasteiger partial charge in [-0.25, -0.2) is 13.1 Å². The zero-order valence-electron chi connectivity index (χ0n) is 11.0. The molecule has 1 atom stereocenters. The lowest BCUT2D eigenvalue weighted by atomic mass is 10.2. The molecule has 1 fully saturated rings. The lowest BCUT2D eigenvalue weighted by Gasteiger charge is -2.13. The molecule has 0 amide bonds. The van der Waals surface area contributed by atoms with E-state index in [1.165, 1.54) is 11.8 Å². The van der Waals surface area contributed by atoms with E-state index in [1.807, 2.05) is 31.2 Å². The number of anilines is 1. The van der Waals surface area contributed by atoms with Crippen LogP contribution in [-0.2, 0) is 10.0 Å². The van der Waals surface area contributed by atoms with E-state index >= 15 is 0 Å². The van der Waals surface area contributed by atoms with Crippen LogP contribution in [0, 0.1) is 5.92 Å². The van der Waals surface area contributed by atoms with E-state index in [0.717, 1.165) is 23.4 Å². The maximum absolute atomic E-state index is 11.9. The van der Waals surface area contributed by atoms with Crippen molar-refractivity contribution < 1.29 is 8.42 Å². The Morgan fingerprint density at radius 1 is 1.37 bits per heavy atom. The Balaban J connectivity index is 1.76. The van der Waals surface area contributed by atoms with Gasteiger partial charge in [0.2, 0.25) is 10.0 Å². The van der Waals surface area contributed by atoms with Gasteiger partial charge in [0, 0.05) is 22.4 Å². The summed E-state index contributed by atoms with van der Waals surface area (Å²) in [5, 5.41) is 0. The molecule has 2 rings (SSSR count). The largest absolute Gasteiger partial charge is 0.399 e. The second-order valence-electron chi connectivity index (χ2n) is 4.98. The summed E-state index contributed by atoms with van der Waals surface area (Å²) in [5.41, 5.74) is 6.32. The van der Waals surface area contributed by atoms with Gasteiger partial charge in [0.05, 0.1) is 5.75 Å². The number of benzene rings is 1. The van der Waals surface area contributed by atoms with Crippen LogP contribution in [-0.4, -0.2) is 26.0 Å². The van der Waals surface area contributed by atoms with Gasteiger partial charge in [-0.05, 0) is 49.9 Å². The van der Waals surface area contributed by atoms with Crippen molar-refractivity contribution >= 4 is 27.5 Å².